The molecule has 4 fully saturated rings. The zero-order valence-corrected chi connectivity index (χ0v) is 20.0. The van der Waals surface area contributed by atoms with Crippen LogP contribution < -0.4 is 10.6 Å². The van der Waals surface area contributed by atoms with Gasteiger partial charge in [0.05, 0.1) is 5.92 Å². The minimum absolute atomic E-state index is 0.0388. The predicted molar refractivity (Wildman–Crippen MR) is 129 cm³/mol. The van der Waals surface area contributed by atoms with E-state index in [4.69, 9.17) is 11.6 Å². The number of halogens is 1. The minimum atomic E-state index is -0.844. The van der Waals surface area contributed by atoms with Gasteiger partial charge in [-0.1, -0.05) is 67.9 Å². The van der Waals surface area contributed by atoms with Gasteiger partial charge in [-0.15, -0.1) is 0 Å². The summed E-state index contributed by atoms with van der Waals surface area (Å²) in [6.45, 7) is 6.47. The summed E-state index contributed by atoms with van der Waals surface area (Å²) in [5, 5.41) is 7.10. The quantitative estimate of drug-likeness (QED) is 0.649. The Morgan fingerprint density at radius 3 is 2.67 bits per heavy atom. The Morgan fingerprint density at radius 2 is 1.94 bits per heavy atom. The molecular weight excluding hydrogens is 434 g/mol. The Hall–Kier alpha value is -2.37. The molecule has 33 heavy (non-hydrogen) atoms. The smallest absolute Gasteiger partial charge is 0.246 e. The molecule has 0 radical (unpaired) electrons. The zero-order chi connectivity index (χ0) is 23.2. The standard InChI is InChI=1S/C27H32ClN3O2/c1-17(2)11-22-24-23-20(16-31(24)15-19-9-6-10-21(28)12-19)13-27(22,30-25(23)32)26(33)29-14-18-7-4-3-5-8-18/h3-10,12,17,20,22-24H,11,13-16H2,1-2H3,(H,29,33)(H,30,32)/t20?,22-,23-,24-,27+/m1/s1. The number of likely N-dealkylation sites (tertiary alicyclic amines) is 1. The van der Waals surface area contributed by atoms with Crippen LogP contribution in [0.25, 0.3) is 0 Å². The Morgan fingerprint density at radius 1 is 1.18 bits per heavy atom. The van der Waals surface area contributed by atoms with E-state index in [9.17, 15) is 9.59 Å². The first-order valence-electron chi connectivity index (χ1n) is 12.0. The molecule has 3 saturated heterocycles. The van der Waals surface area contributed by atoms with E-state index in [1.165, 1.54) is 0 Å². The van der Waals surface area contributed by atoms with Crippen molar-refractivity contribution >= 4 is 23.4 Å². The molecule has 6 heteroatoms. The van der Waals surface area contributed by atoms with Gasteiger partial charge in [0.15, 0.2) is 0 Å². The second-order valence-electron chi connectivity index (χ2n) is 10.4. The van der Waals surface area contributed by atoms with Gasteiger partial charge in [-0.2, -0.15) is 0 Å². The van der Waals surface area contributed by atoms with Gasteiger partial charge >= 0.3 is 0 Å². The molecule has 3 aliphatic heterocycles. The Balaban J connectivity index is 1.44. The van der Waals surface area contributed by atoms with Crippen molar-refractivity contribution in [3.63, 3.8) is 0 Å². The van der Waals surface area contributed by atoms with Crippen molar-refractivity contribution in [2.75, 3.05) is 6.54 Å². The molecule has 0 aromatic heterocycles. The van der Waals surface area contributed by atoms with Crippen LogP contribution in [0.1, 0.15) is 37.8 Å². The fourth-order valence-corrected chi connectivity index (χ4v) is 6.77. The fourth-order valence-electron chi connectivity index (χ4n) is 6.55. The summed E-state index contributed by atoms with van der Waals surface area (Å²) >= 11 is 6.24. The van der Waals surface area contributed by atoms with E-state index in [1.807, 2.05) is 48.5 Å². The van der Waals surface area contributed by atoms with E-state index in [2.05, 4.69) is 35.4 Å². The first-order valence-corrected chi connectivity index (χ1v) is 12.4. The number of nitrogens with zero attached hydrogens (tertiary/aromatic N) is 1. The van der Waals surface area contributed by atoms with Crippen LogP contribution in [0.5, 0.6) is 0 Å². The van der Waals surface area contributed by atoms with E-state index in [0.717, 1.165) is 35.7 Å². The highest BCUT2D eigenvalue weighted by atomic mass is 35.5. The van der Waals surface area contributed by atoms with E-state index in [1.54, 1.807) is 0 Å². The van der Waals surface area contributed by atoms with E-state index >= 15 is 0 Å². The molecule has 0 spiro atoms. The molecule has 3 heterocycles. The molecular formula is C27H32ClN3O2. The normalized spacial score (nSPS) is 30.5. The topological polar surface area (TPSA) is 61.4 Å². The van der Waals surface area contributed by atoms with Gasteiger partial charge in [0.25, 0.3) is 0 Å². The third-order valence-corrected chi connectivity index (χ3v) is 7.98. The average Bonchev–Trinajstić information content (AvgIpc) is 3.09. The number of carbonyl (C=O) groups excluding carboxylic acids is 2. The Labute approximate surface area is 200 Å². The molecule has 2 aromatic rings. The van der Waals surface area contributed by atoms with Gasteiger partial charge in [0.1, 0.15) is 5.54 Å². The van der Waals surface area contributed by atoms with Crippen LogP contribution in [0.3, 0.4) is 0 Å². The van der Waals surface area contributed by atoms with E-state index < -0.39 is 5.54 Å². The van der Waals surface area contributed by atoms with Gasteiger partial charge in [-0.25, -0.2) is 0 Å². The number of benzene rings is 2. The zero-order valence-electron chi connectivity index (χ0n) is 19.3. The maximum atomic E-state index is 13.8. The summed E-state index contributed by atoms with van der Waals surface area (Å²) in [5.41, 5.74) is 1.37. The molecule has 4 aliphatic rings. The first-order chi connectivity index (χ1) is 15.9. The van der Waals surface area contributed by atoms with Crippen molar-refractivity contribution in [3.05, 3.63) is 70.7 Å². The second-order valence-corrected chi connectivity index (χ2v) is 10.8. The number of nitrogens with one attached hydrogen (secondary N) is 2. The van der Waals surface area contributed by atoms with Crippen molar-refractivity contribution < 1.29 is 9.59 Å². The van der Waals surface area contributed by atoms with Gasteiger partial charge in [-0.05, 0) is 47.9 Å². The first kappa shape index (κ1) is 22.4. The number of carbonyl (C=O) groups is 2. The van der Waals surface area contributed by atoms with Crippen LogP contribution in [-0.4, -0.2) is 34.8 Å². The van der Waals surface area contributed by atoms with Crippen LogP contribution >= 0.6 is 11.6 Å². The molecule has 5 nitrogen and oxygen atoms in total. The number of hydrogen-bond donors (Lipinski definition) is 2. The number of hydrogen-bond acceptors (Lipinski definition) is 3. The fraction of sp³-hybridized carbons (Fsp3) is 0.481. The third kappa shape index (κ3) is 4.06. The molecule has 2 N–H and O–H groups in total. The largest absolute Gasteiger partial charge is 0.350 e. The molecule has 2 amide bonds. The van der Waals surface area contributed by atoms with Crippen molar-refractivity contribution in [2.24, 2.45) is 23.7 Å². The monoisotopic (exact) mass is 465 g/mol. The molecule has 1 aliphatic carbocycles. The number of rotatable bonds is 7. The van der Waals surface area contributed by atoms with Crippen LogP contribution in [0, 0.1) is 23.7 Å². The van der Waals surface area contributed by atoms with Gasteiger partial charge in [0, 0.05) is 36.6 Å². The second kappa shape index (κ2) is 8.77. The molecule has 174 valence electrons. The van der Waals surface area contributed by atoms with Crippen LogP contribution in [0.4, 0.5) is 0 Å². The highest BCUT2D eigenvalue weighted by molar-refractivity contribution is 6.30. The van der Waals surface area contributed by atoms with Gasteiger partial charge in [0.2, 0.25) is 11.8 Å². The van der Waals surface area contributed by atoms with E-state index in [-0.39, 0.29) is 35.6 Å². The lowest BCUT2D eigenvalue weighted by atomic mass is 9.57. The average molecular weight is 466 g/mol. The molecule has 5 atom stereocenters. The molecule has 2 aromatic carbocycles. The molecule has 1 saturated carbocycles. The van der Waals surface area contributed by atoms with Crippen LogP contribution in [0.2, 0.25) is 5.02 Å². The minimum Gasteiger partial charge on any atom is -0.350 e. The summed E-state index contributed by atoms with van der Waals surface area (Å²) < 4.78 is 0. The Kier molecular flexibility index (Phi) is 5.96. The SMILES string of the molecule is CC(C)C[C@@H]1[C@@H]2[C@@H]3C(=O)N[C@@]1(C(=O)NCc1ccccc1)CC3CN2Cc1cccc(Cl)c1. The van der Waals surface area contributed by atoms with Crippen LogP contribution in [-0.2, 0) is 22.7 Å². The van der Waals surface area contributed by atoms with Crippen LogP contribution in [0.15, 0.2) is 54.6 Å². The number of fused-ring (bicyclic) bond motifs is 1. The summed E-state index contributed by atoms with van der Waals surface area (Å²) in [5.74, 6) is 0.666. The number of piperidine rings is 2. The van der Waals surface area contributed by atoms with Crippen molar-refractivity contribution in [1.29, 1.82) is 0 Å². The summed E-state index contributed by atoms with van der Waals surface area (Å²) in [4.78, 5) is 29.4. The molecule has 6 rings (SSSR count). The van der Waals surface area contributed by atoms with Gasteiger partial charge < -0.3 is 10.6 Å². The molecule has 4 bridgehead atoms. The highest BCUT2D eigenvalue weighted by Gasteiger charge is 2.67. The van der Waals surface area contributed by atoms with Crippen molar-refractivity contribution in [1.82, 2.24) is 15.5 Å². The summed E-state index contributed by atoms with van der Waals surface area (Å²) in [6, 6.07) is 18.0. The lowest BCUT2D eigenvalue weighted by Gasteiger charge is -2.55. The van der Waals surface area contributed by atoms with Crippen molar-refractivity contribution in [3.8, 4) is 0 Å². The maximum absolute atomic E-state index is 13.8. The maximum Gasteiger partial charge on any atom is 0.246 e. The third-order valence-electron chi connectivity index (χ3n) is 7.75. The highest BCUT2D eigenvalue weighted by Crippen LogP contribution is 2.54. The summed E-state index contributed by atoms with van der Waals surface area (Å²) in [7, 11) is 0. The predicted octanol–water partition coefficient (Wildman–Crippen LogP) is 4.01. The van der Waals surface area contributed by atoms with E-state index in [0.29, 0.717) is 18.9 Å². The Bertz CT molecular complexity index is 1040. The van der Waals surface area contributed by atoms with Crippen molar-refractivity contribution in [2.45, 2.75) is 51.4 Å². The number of amides is 2. The van der Waals surface area contributed by atoms with Gasteiger partial charge in [-0.3, -0.25) is 14.5 Å². The lowest BCUT2D eigenvalue weighted by Crippen LogP contribution is -2.75. The lowest BCUT2D eigenvalue weighted by molar-refractivity contribution is -0.155. The summed E-state index contributed by atoms with van der Waals surface area (Å²) in [6.07, 6.45) is 1.61. The molecule has 1 unspecified atom stereocenters.